The normalized spacial score (nSPS) is 17.4. The Morgan fingerprint density at radius 1 is 1.00 bits per heavy atom. The molecule has 182 valence electrons. The van der Waals surface area contributed by atoms with Gasteiger partial charge in [-0.15, -0.1) is 0 Å². The number of aryl methyl sites for hydroxylation is 1. The van der Waals surface area contributed by atoms with E-state index in [1.54, 1.807) is 50.6 Å². The Kier molecular flexibility index (Phi) is 7.83. The van der Waals surface area contributed by atoms with E-state index in [-0.39, 0.29) is 11.3 Å². The van der Waals surface area contributed by atoms with Crippen LogP contribution >= 0.6 is 0 Å². The molecule has 8 heteroatoms. The van der Waals surface area contributed by atoms with Crippen LogP contribution in [0.2, 0.25) is 0 Å². The highest BCUT2D eigenvalue weighted by Crippen LogP contribution is 2.44. The van der Waals surface area contributed by atoms with E-state index in [0.29, 0.717) is 41.3 Å². The molecule has 1 aliphatic heterocycles. The van der Waals surface area contributed by atoms with Gasteiger partial charge >= 0.3 is 0 Å². The SMILES string of the molecule is COc1ccc([C@@H]2/C(=C(\O)c3ccc(OC)c(C)c3)C(=O)C(=O)N2CCCN(C)C)c(OC)c1. The Balaban J connectivity index is 2.18. The Hall–Kier alpha value is -3.52. The molecule has 34 heavy (non-hydrogen) atoms. The Morgan fingerprint density at radius 3 is 2.29 bits per heavy atom. The molecule has 1 N–H and O–H groups in total. The van der Waals surface area contributed by atoms with Crippen LogP contribution in [0.3, 0.4) is 0 Å². The third-order valence-electron chi connectivity index (χ3n) is 5.95. The van der Waals surface area contributed by atoms with Crippen molar-refractivity contribution in [1.82, 2.24) is 9.80 Å². The molecule has 8 nitrogen and oxygen atoms in total. The summed E-state index contributed by atoms with van der Waals surface area (Å²) in [5, 5.41) is 11.3. The van der Waals surface area contributed by atoms with Crippen molar-refractivity contribution >= 4 is 17.4 Å². The van der Waals surface area contributed by atoms with Gasteiger partial charge in [-0.05, 0) is 69.9 Å². The van der Waals surface area contributed by atoms with Gasteiger partial charge in [0.05, 0.1) is 32.9 Å². The average Bonchev–Trinajstić information content (AvgIpc) is 3.07. The highest BCUT2D eigenvalue weighted by atomic mass is 16.5. The predicted octanol–water partition coefficient (Wildman–Crippen LogP) is 3.39. The molecule has 1 amide bonds. The van der Waals surface area contributed by atoms with E-state index >= 15 is 0 Å². The minimum atomic E-state index is -0.801. The molecule has 2 aromatic rings. The number of hydrogen-bond donors (Lipinski definition) is 1. The number of hydrogen-bond acceptors (Lipinski definition) is 7. The molecule has 0 spiro atoms. The van der Waals surface area contributed by atoms with Crippen molar-refractivity contribution in [2.45, 2.75) is 19.4 Å². The number of carbonyl (C=O) groups excluding carboxylic acids is 2. The van der Waals surface area contributed by atoms with Gasteiger partial charge in [0.25, 0.3) is 11.7 Å². The zero-order chi connectivity index (χ0) is 25.0. The van der Waals surface area contributed by atoms with Crippen LogP contribution in [0.1, 0.15) is 29.2 Å². The van der Waals surface area contributed by atoms with Crippen molar-refractivity contribution < 1.29 is 28.9 Å². The number of carbonyl (C=O) groups is 2. The molecule has 3 rings (SSSR count). The highest BCUT2D eigenvalue weighted by Gasteiger charge is 2.46. The van der Waals surface area contributed by atoms with Gasteiger partial charge in [0, 0.05) is 23.7 Å². The molecule has 1 aliphatic rings. The second-order valence-corrected chi connectivity index (χ2v) is 8.44. The quantitative estimate of drug-likeness (QED) is 0.343. The Bertz CT molecular complexity index is 1110. The van der Waals surface area contributed by atoms with Crippen LogP contribution in [-0.2, 0) is 9.59 Å². The van der Waals surface area contributed by atoms with Gasteiger partial charge in [-0.1, -0.05) is 0 Å². The molecule has 1 fully saturated rings. The van der Waals surface area contributed by atoms with Gasteiger partial charge in [0.15, 0.2) is 0 Å². The van der Waals surface area contributed by atoms with Crippen molar-refractivity contribution in [3.05, 3.63) is 58.7 Å². The maximum absolute atomic E-state index is 13.2. The van der Waals surface area contributed by atoms with Crippen LogP contribution < -0.4 is 14.2 Å². The largest absolute Gasteiger partial charge is 0.507 e. The molecule has 2 aromatic carbocycles. The first-order valence-corrected chi connectivity index (χ1v) is 11.0. The fourth-order valence-corrected chi connectivity index (χ4v) is 4.22. The van der Waals surface area contributed by atoms with Gasteiger partial charge in [-0.2, -0.15) is 0 Å². The first-order valence-electron chi connectivity index (χ1n) is 11.0. The number of ketones is 1. The van der Waals surface area contributed by atoms with Gasteiger partial charge in [-0.25, -0.2) is 0 Å². The first-order chi connectivity index (χ1) is 16.2. The summed E-state index contributed by atoms with van der Waals surface area (Å²) in [6, 6.07) is 9.53. The van der Waals surface area contributed by atoms with E-state index in [1.165, 1.54) is 12.0 Å². The molecule has 0 aliphatic carbocycles. The minimum absolute atomic E-state index is 0.0305. The lowest BCUT2D eigenvalue weighted by Gasteiger charge is -2.27. The molecule has 1 heterocycles. The molecule has 0 bridgehead atoms. The summed E-state index contributed by atoms with van der Waals surface area (Å²) >= 11 is 0. The maximum Gasteiger partial charge on any atom is 0.295 e. The number of aliphatic hydroxyl groups is 1. The molecule has 0 unspecified atom stereocenters. The number of likely N-dealkylation sites (tertiary alicyclic amines) is 1. The topological polar surface area (TPSA) is 88.5 Å². The number of ether oxygens (including phenoxy) is 3. The molecule has 0 radical (unpaired) electrons. The van der Waals surface area contributed by atoms with Crippen LogP contribution in [0.25, 0.3) is 5.76 Å². The number of rotatable bonds is 9. The lowest BCUT2D eigenvalue weighted by atomic mass is 9.94. The second kappa shape index (κ2) is 10.6. The van der Waals surface area contributed by atoms with Crippen molar-refractivity contribution in [3.8, 4) is 17.2 Å². The van der Waals surface area contributed by atoms with Gasteiger partial charge < -0.3 is 29.1 Å². The van der Waals surface area contributed by atoms with Crippen molar-refractivity contribution in [2.75, 3.05) is 48.5 Å². The fourth-order valence-electron chi connectivity index (χ4n) is 4.22. The van der Waals surface area contributed by atoms with E-state index in [2.05, 4.69) is 0 Å². The summed E-state index contributed by atoms with van der Waals surface area (Å²) in [4.78, 5) is 29.9. The van der Waals surface area contributed by atoms with Crippen molar-refractivity contribution in [2.24, 2.45) is 0 Å². The number of amides is 1. The molecule has 0 saturated carbocycles. The van der Waals surface area contributed by atoms with Crippen molar-refractivity contribution in [1.29, 1.82) is 0 Å². The molecule has 1 saturated heterocycles. The second-order valence-electron chi connectivity index (χ2n) is 8.44. The smallest absolute Gasteiger partial charge is 0.295 e. The standard InChI is InChI=1S/C26H32N2O6/c1-16-14-17(8-11-20(16)33-5)24(29)22-23(19-10-9-18(32-4)15-21(19)34-6)28(26(31)25(22)30)13-7-12-27(2)3/h8-11,14-15,23,29H,7,12-13H2,1-6H3/b24-22+/t23-/m1/s1. The van der Waals surface area contributed by atoms with Crippen LogP contribution in [0.4, 0.5) is 0 Å². The van der Waals surface area contributed by atoms with E-state index < -0.39 is 17.7 Å². The van der Waals surface area contributed by atoms with E-state index in [0.717, 1.165) is 12.1 Å². The molecular formula is C26H32N2O6. The summed E-state index contributed by atoms with van der Waals surface area (Å²) < 4.78 is 16.2. The van der Waals surface area contributed by atoms with E-state index in [9.17, 15) is 14.7 Å². The van der Waals surface area contributed by atoms with Gasteiger partial charge in [0.1, 0.15) is 23.0 Å². The molecular weight excluding hydrogens is 436 g/mol. The summed E-state index contributed by atoms with van der Waals surface area (Å²) in [7, 11) is 8.53. The predicted molar refractivity (Wildman–Crippen MR) is 129 cm³/mol. The lowest BCUT2D eigenvalue weighted by molar-refractivity contribution is -0.140. The molecule has 1 atom stereocenters. The van der Waals surface area contributed by atoms with E-state index in [4.69, 9.17) is 14.2 Å². The first kappa shape index (κ1) is 25.1. The minimum Gasteiger partial charge on any atom is -0.507 e. The number of aliphatic hydroxyl groups excluding tert-OH is 1. The number of Topliss-reactive ketones (excluding diaryl/α,β-unsaturated/α-hetero) is 1. The number of methoxy groups -OCH3 is 3. The van der Waals surface area contributed by atoms with Crippen LogP contribution in [0.15, 0.2) is 42.0 Å². The number of nitrogens with zero attached hydrogens (tertiary/aromatic N) is 2. The van der Waals surface area contributed by atoms with Crippen LogP contribution in [0, 0.1) is 6.92 Å². The summed E-state index contributed by atoms with van der Waals surface area (Å²) in [5.41, 5.74) is 1.86. The number of benzene rings is 2. The van der Waals surface area contributed by atoms with Crippen LogP contribution in [-0.4, -0.2) is 75.1 Å². The Morgan fingerprint density at radius 2 is 1.71 bits per heavy atom. The third kappa shape index (κ3) is 4.87. The summed E-state index contributed by atoms with van der Waals surface area (Å²) in [6.07, 6.45) is 0.663. The van der Waals surface area contributed by atoms with Crippen molar-refractivity contribution in [3.63, 3.8) is 0 Å². The summed E-state index contributed by atoms with van der Waals surface area (Å²) in [6.45, 7) is 2.94. The fraction of sp³-hybridized carbons (Fsp3) is 0.385. The van der Waals surface area contributed by atoms with Gasteiger partial charge in [-0.3, -0.25) is 9.59 Å². The maximum atomic E-state index is 13.2. The summed E-state index contributed by atoms with van der Waals surface area (Å²) in [5.74, 6) is 0.0971. The van der Waals surface area contributed by atoms with E-state index in [1.807, 2.05) is 25.9 Å². The zero-order valence-corrected chi connectivity index (χ0v) is 20.5. The van der Waals surface area contributed by atoms with Crippen LogP contribution in [0.5, 0.6) is 17.2 Å². The zero-order valence-electron chi connectivity index (χ0n) is 20.5. The highest BCUT2D eigenvalue weighted by molar-refractivity contribution is 6.46. The van der Waals surface area contributed by atoms with Gasteiger partial charge in [0.2, 0.25) is 0 Å². The monoisotopic (exact) mass is 468 g/mol. The third-order valence-corrected chi connectivity index (χ3v) is 5.95. The average molecular weight is 469 g/mol. The molecule has 0 aromatic heterocycles. The lowest BCUT2D eigenvalue weighted by Crippen LogP contribution is -2.32. The Labute approximate surface area is 200 Å².